The lowest BCUT2D eigenvalue weighted by Gasteiger charge is -2.11. The molecule has 2 aromatic rings. The molecule has 0 aromatic heterocycles. The van der Waals surface area contributed by atoms with Crippen LogP contribution in [0.25, 0.3) is 0 Å². The van der Waals surface area contributed by atoms with Crippen LogP contribution in [-0.4, -0.2) is 19.8 Å². The Morgan fingerprint density at radius 3 is 2.82 bits per heavy atom. The smallest absolute Gasteiger partial charge is 0.251 e. The number of fused-ring (bicyclic) bond motifs is 1. The number of methoxy groups -OCH3 is 1. The average Bonchev–Trinajstić information content (AvgIpc) is 3.00. The van der Waals surface area contributed by atoms with Crippen molar-refractivity contribution in [3.05, 3.63) is 53.1 Å². The SMILES string of the molecule is COc1ccc(C)cc1CNC(=O)c1ccc2c(c1)OCO2. The minimum atomic E-state index is -0.165. The van der Waals surface area contributed by atoms with Crippen LogP contribution in [0.15, 0.2) is 36.4 Å². The molecule has 0 fully saturated rings. The van der Waals surface area contributed by atoms with Crippen LogP contribution < -0.4 is 19.5 Å². The molecule has 1 N–H and O–H groups in total. The standard InChI is InChI=1S/C17H17NO4/c1-11-3-5-14(20-2)13(7-11)9-18-17(19)12-4-6-15-16(8-12)22-10-21-15/h3-8H,9-10H2,1-2H3,(H,18,19). The zero-order valence-electron chi connectivity index (χ0n) is 12.5. The van der Waals surface area contributed by atoms with Crippen LogP contribution in [0.5, 0.6) is 17.2 Å². The molecule has 0 radical (unpaired) electrons. The minimum Gasteiger partial charge on any atom is -0.496 e. The molecule has 0 spiro atoms. The first-order valence-corrected chi connectivity index (χ1v) is 6.99. The van der Waals surface area contributed by atoms with E-state index in [0.717, 1.165) is 16.9 Å². The number of amides is 1. The number of rotatable bonds is 4. The van der Waals surface area contributed by atoms with Crippen LogP contribution >= 0.6 is 0 Å². The summed E-state index contributed by atoms with van der Waals surface area (Å²) in [6, 6.07) is 11.0. The van der Waals surface area contributed by atoms with E-state index in [1.54, 1.807) is 25.3 Å². The summed E-state index contributed by atoms with van der Waals surface area (Å²) in [5.41, 5.74) is 2.60. The maximum absolute atomic E-state index is 12.3. The molecule has 5 nitrogen and oxygen atoms in total. The van der Waals surface area contributed by atoms with Crippen molar-refractivity contribution in [3.63, 3.8) is 0 Å². The first-order chi connectivity index (χ1) is 10.7. The van der Waals surface area contributed by atoms with Gasteiger partial charge in [-0.2, -0.15) is 0 Å². The lowest BCUT2D eigenvalue weighted by atomic mass is 10.1. The van der Waals surface area contributed by atoms with Gasteiger partial charge in [0.15, 0.2) is 11.5 Å². The molecule has 3 rings (SSSR count). The lowest BCUT2D eigenvalue weighted by Crippen LogP contribution is -2.23. The van der Waals surface area contributed by atoms with Crippen molar-refractivity contribution in [2.45, 2.75) is 13.5 Å². The maximum atomic E-state index is 12.3. The predicted octanol–water partition coefficient (Wildman–Crippen LogP) is 2.66. The van der Waals surface area contributed by atoms with E-state index in [4.69, 9.17) is 14.2 Å². The zero-order chi connectivity index (χ0) is 15.5. The fraction of sp³-hybridized carbons (Fsp3) is 0.235. The van der Waals surface area contributed by atoms with Crippen molar-refractivity contribution in [2.24, 2.45) is 0 Å². The van der Waals surface area contributed by atoms with Gasteiger partial charge in [-0.05, 0) is 31.2 Å². The molecular weight excluding hydrogens is 282 g/mol. The summed E-state index contributed by atoms with van der Waals surface area (Å²) in [5, 5.41) is 2.89. The third kappa shape index (κ3) is 2.83. The van der Waals surface area contributed by atoms with Gasteiger partial charge < -0.3 is 19.5 Å². The number of carbonyl (C=O) groups excluding carboxylic acids is 1. The van der Waals surface area contributed by atoms with Crippen LogP contribution in [0.1, 0.15) is 21.5 Å². The maximum Gasteiger partial charge on any atom is 0.251 e. The van der Waals surface area contributed by atoms with Crippen molar-refractivity contribution in [3.8, 4) is 17.2 Å². The Hall–Kier alpha value is -2.69. The second kappa shape index (κ2) is 5.97. The third-order valence-corrected chi connectivity index (χ3v) is 3.51. The van der Waals surface area contributed by atoms with E-state index >= 15 is 0 Å². The van der Waals surface area contributed by atoms with E-state index in [1.165, 1.54) is 0 Å². The van der Waals surface area contributed by atoms with E-state index in [0.29, 0.717) is 23.6 Å². The Labute approximate surface area is 128 Å². The molecule has 114 valence electrons. The topological polar surface area (TPSA) is 56.8 Å². The molecule has 1 aliphatic heterocycles. The normalized spacial score (nSPS) is 12.1. The molecule has 5 heteroatoms. The van der Waals surface area contributed by atoms with Crippen LogP contribution in [0, 0.1) is 6.92 Å². The molecule has 1 heterocycles. The third-order valence-electron chi connectivity index (χ3n) is 3.51. The molecule has 1 amide bonds. The predicted molar refractivity (Wildman–Crippen MR) is 81.5 cm³/mol. The van der Waals surface area contributed by atoms with Crippen molar-refractivity contribution in [1.29, 1.82) is 0 Å². The highest BCUT2D eigenvalue weighted by molar-refractivity contribution is 5.94. The van der Waals surface area contributed by atoms with Crippen molar-refractivity contribution in [1.82, 2.24) is 5.32 Å². The monoisotopic (exact) mass is 299 g/mol. The van der Waals surface area contributed by atoms with Gasteiger partial charge in [-0.15, -0.1) is 0 Å². The molecule has 1 aliphatic rings. The molecule has 0 atom stereocenters. The van der Waals surface area contributed by atoms with E-state index in [1.807, 2.05) is 25.1 Å². The van der Waals surface area contributed by atoms with E-state index in [2.05, 4.69) is 5.32 Å². The van der Waals surface area contributed by atoms with Crippen molar-refractivity contribution in [2.75, 3.05) is 13.9 Å². The van der Waals surface area contributed by atoms with Crippen molar-refractivity contribution >= 4 is 5.91 Å². The molecule has 2 aromatic carbocycles. The first-order valence-electron chi connectivity index (χ1n) is 6.99. The van der Waals surface area contributed by atoms with Gasteiger partial charge in [-0.1, -0.05) is 17.7 Å². The van der Waals surface area contributed by atoms with Crippen LogP contribution in [0.2, 0.25) is 0 Å². The number of aryl methyl sites for hydroxylation is 1. The fourth-order valence-electron chi connectivity index (χ4n) is 2.36. The first kappa shape index (κ1) is 14.3. The number of benzene rings is 2. The summed E-state index contributed by atoms with van der Waals surface area (Å²) in [7, 11) is 1.62. The number of nitrogens with one attached hydrogen (secondary N) is 1. The van der Waals surface area contributed by atoms with Gasteiger partial charge in [0.25, 0.3) is 5.91 Å². The van der Waals surface area contributed by atoms with E-state index in [9.17, 15) is 4.79 Å². The molecular formula is C17H17NO4. The second-order valence-corrected chi connectivity index (χ2v) is 5.07. The molecule has 0 bridgehead atoms. The Balaban J connectivity index is 1.71. The van der Waals surface area contributed by atoms with E-state index < -0.39 is 0 Å². The second-order valence-electron chi connectivity index (χ2n) is 5.07. The van der Waals surface area contributed by atoms with Gasteiger partial charge in [-0.3, -0.25) is 4.79 Å². The number of hydrogen-bond acceptors (Lipinski definition) is 4. The number of ether oxygens (including phenoxy) is 3. The van der Waals surface area contributed by atoms with Gasteiger partial charge in [-0.25, -0.2) is 0 Å². The van der Waals surface area contributed by atoms with Gasteiger partial charge in [0.05, 0.1) is 7.11 Å². The largest absolute Gasteiger partial charge is 0.496 e. The quantitative estimate of drug-likeness (QED) is 0.943. The Kier molecular flexibility index (Phi) is 3.87. The van der Waals surface area contributed by atoms with E-state index in [-0.39, 0.29) is 12.7 Å². The van der Waals surface area contributed by atoms with Crippen LogP contribution in [0.3, 0.4) is 0 Å². The highest BCUT2D eigenvalue weighted by Crippen LogP contribution is 2.32. The Bertz CT molecular complexity index is 712. The van der Waals surface area contributed by atoms with Gasteiger partial charge in [0, 0.05) is 17.7 Å². The molecule has 22 heavy (non-hydrogen) atoms. The number of hydrogen-bond donors (Lipinski definition) is 1. The average molecular weight is 299 g/mol. The molecule has 0 aliphatic carbocycles. The summed E-state index contributed by atoms with van der Waals surface area (Å²) >= 11 is 0. The molecule has 0 saturated carbocycles. The Morgan fingerprint density at radius 2 is 2.00 bits per heavy atom. The highest BCUT2D eigenvalue weighted by atomic mass is 16.7. The van der Waals surface area contributed by atoms with Gasteiger partial charge in [0.2, 0.25) is 6.79 Å². The van der Waals surface area contributed by atoms with Crippen molar-refractivity contribution < 1.29 is 19.0 Å². The zero-order valence-corrected chi connectivity index (χ0v) is 12.5. The summed E-state index contributed by atoms with van der Waals surface area (Å²) in [5.74, 6) is 1.86. The summed E-state index contributed by atoms with van der Waals surface area (Å²) in [6.07, 6.45) is 0. The lowest BCUT2D eigenvalue weighted by molar-refractivity contribution is 0.0950. The van der Waals surface area contributed by atoms with Gasteiger partial charge >= 0.3 is 0 Å². The van der Waals surface area contributed by atoms with Crippen LogP contribution in [0.4, 0.5) is 0 Å². The highest BCUT2D eigenvalue weighted by Gasteiger charge is 2.16. The summed E-state index contributed by atoms with van der Waals surface area (Å²) in [6.45, 7) is 2.60. The van der Waals surface area contributed by atoms with Crippen LogP contribution in [-0.2, 0) is 6.54 Å². The minimum absolute atomic E-state index is 0.165. The number of carbonyl (C=O) groups is 1. The fourth-order valence-corrected chi connectivity index (χ4v) is 2.36. The summed E-state index contributed by atoms with van der Waals surface area (Å²) < 4.78 is 15.8. The Morgan fingerprint density at radius 1 is 1.18 bits per heavy atom. The molecule has 0 unspecified atom stereocenters. The molecule has 0 saturated heterocycles. The summed E-state index contributed by atoms with van der Waals surface area (Å²) in [4.78, 5) is 12.3. The van der Waals surface area contributed by atoms with Gasteiger partial charge in [0.1, 0.15) is 5.75 Å².